The molecule has 5 saturated heterocycles. The van der Waals surface area contributed by atoms with Crippen molar-refractivity contribution in [1.29, 1.82) is 0 Å². The molecule has 1 aromatic rings. The molecule has 5 amide bonds. The Morgan fingerprint density at radius 3 is 0.938 bits per heavy atom. The third kappa shape index (κ3) is 15.0. The summed E-state index contributed by atoms with van der Waals surface area (Å²) in [5, 5.41) is 145. The predicted molar refractivity (Wildman–Crippen MR) is 256 cm³/mol. The molecule has 1 unspecified atom stereocenters. The first-order valence-electron chi connectivity index (χ1n) is 25.1. The maximum atomic E-state index is 12.8. The molecule has 16 N–H and O–H groups in total. The van der Waals surface area contributed by atoms with Gasteiger partial charge in [-0.25, -0.2) is 0 Å². The van der Waals surface area contributed by atoms with Gasteiger partial charge in [0.1, 0.15) is 128 Å². The van der Waals surface area contributed by atoms with E-state index < -0.39 is 221 Å². The van der Waals surface area contributed by atoms with Crippen molar-refractivity contribution in [3.63, 3.8) is 0 Å². The highest BCUT2D eigenvalue weighted by molar-refractivity contribution is 5.75. The number of nitrogens with one attached hydrogen (secondary N) is 5. The van der Waals surface area contributed by atoms with Crippen LogP contribution in [-0.4, -0.2) is 277 Å². The maximum absolute atomic E-state index is 12.8. The van der Waals surface area contributed by atoms with Crippen molar-refractivity contribution < 1.29 is 132 Å². The van der Waals surface area contributed by atoms with E-state index in [1.54, 1.807) is 0 Å². The number of rotatable bonds is 21. The standard InChI is InChI=1S/C46H70N6O28/c1-15(58)47-27-33(64)32(63)22(10-53)72-43(27)77-39-24(12-55)74-45(29(35(39)66)49-17(3)60)79-41-26(14-57)76-46(31(37(41)68)51-19(5)62)80-40-25(13-56)75-44(30(36(40)67)50-18(4)61)78-38-23(11-54)73-42(28(34(38)65)48-16(2)59)71-21-8-6-20(7-9-21)52(69)70/h6-9,22-46,53-57,63-68H,10-14H2,1-5H3,(H,47,58)(H,48,59)(H,49,60)(H,50,61)(H,51,62)/t22-,23-,24-,25-,26-,27-,28-,29-,30-,31-,32-,33-,34-,35-,36-,37-,38-,39-,40?,41-,42-,43+,44+,45+,46+/m1/s1. The fourth-order valence-corrected chi connectivity index (χ4v) is 9.93. The molecule has 6 rings (SSSR count). The summed E-state index contributed by atoms with van der Waals surface area (Å²) < 4.78 is 59.8. The molecule has 0 bridgehead atoms. The molecule has 0 aliphatic carbocycles. The molecule has 0 spiro atoms. The number of hydrogen-bond acceptors (Lipinski definition) is 28. The molecule has 5 fully saturated rings. The molecule has 5 aliphatic heterocycles. The van der Waals surface area contributed by atoms with Gasteiger partial charge in [-0.2, -0.15) is 0 Å². The Morgan fingerprint density at radius 1 is 0.425 bits per heavy atom. The molecular weight excluding hydrogens is 1080 g/mol. The Hall–Kier alpha value is -5.03. The smallest absolute Gasteiger partial charge is 0.269 e. The van der Waals surface area contributed by atoms with Crippen LogP contribution in [0.1, 0.15) is 34.6 Å². The van der Waals surface area contributed by atoms with Crippen molar-refractivity contribution in [2.24, 2.45) is 0 Å². The predicted octanol–water partition coefficient (Wildman–Crippen LogP) is -9.21. The Morgan fingerprint density at radius 2 is 0.675 bits per heavy atom. The number of benzene rings is 1. The lowest BCUT2D eigenvalue weighted by molar-refractivity contribution is -0.384. The van der Waals surface area contributed by atoms with Gasteiger partial charge in [-0.15, -0.1) is 0 Å². The molecule has 1 aromatic carbocycles. The van der Waals surface area contributed by atoms with E-state index in [0.29, 0.717) is 0 Å². The monoisotopic (exact) mass is 1150 g/mol. The second kappa shape index (κ2) is 28.3. The first-order chi connectivity index (χ1) is 37.8. The number of amides is 5. The highest BCUT2D eigenvalue weighted by Crippen LogP contribution is 2.36. The minimum Gasteiger partial charge on any atom is -0.463 e. The summed E-state index contributed by atoms with van der Waals surface area (Å²) in [7, 11) is 0. The van der Waals surface area contributed by atoms with E-state index in [1.165, 1.54) is 12.1 Å². The Balaban J connectivity index is 1.22. The van der Waals surface area contributed by atoms with Gasteiger partial charge in [0.25, 0.3) is 5.69 Å². The van der Waals surface area contributed by atoms with E-state index in [0.717, 1.165) is 46.8 Å². The number of nitro groups is 1. The molecule has 80 heavy (non-hydrogen) atoms. The zero-order valence-corrected chi connectivity index (χ0v) is 43.6. The average molecular weight is 1160 g/mol. The van der Waals surface area contributed by atoms with Gasteiger partial charge < -0.3 is 130 Å². The number of aliphatic hydroxyl groups is 11. The lowest BCUT2D eigenvalue weighted by Gasteiger charge is -2.51. The van der Waals surface area contributed by atoms with Crippen LogP contribution in [0.4, 0.5) is 5.69 Å². The Kier molecular flexibility index (Phi) is 22.7. The summed E-state index contributed by atoms with van der Waals surface area (Å²) in [4.78, 5) is 73.2. The van der Waals surface area contributed by atoms with Gasteiger partial charge >= 0.3 is 0 Å². The van der Waals surface area contributed by atoms with Crippen LogP contribution in [0, 0.1) is 10.1 Å². The van der Waals surface area contributed by atoms with Crippen molar-refractivity contribution in [1.82, 2.24) is 26.6 Å². The number of aliphatic hydroxyl groups excluding tert-OH is 11. The van der Waals surface area contributed by atoms with E-state index in [9.17, 15) is 90.3 Å². The lowest BCUT2D eigenvalue weighted by Crippen LogP contribution is -2.72. The summed E-state index contributed by atoms with van der Waals surface area (Å²) in [6.45, 7) is 0.534. The number of nitro benzene ring substituents is 1. The molecule has 5 heterocycles. The molecule has 5 aliphatic rings. The minimum atomic E-state index is -2.03. The van der Waals surface area contributed by atoms with Gasteiger partial charge in [-0.1, -0.05) is 0 Å². The van der Waals surface area contributed by atoms with Crippen LogP contribution in [-0.2, 0) is 66.6 Å². The van der Waals surface area contributed by atoms with E-state index in [1.807, 2.05) is 0 Å². The third-order valence-electron chi connectivity index (χ3n) is 13.6. The molecule has 34 heteroatoms. The third-order valence-corrected chi connectivity index (χ3v) is 13.6. The highest BCUT2D eigenvalue weighted by Gasteiger charge is 2.58. The average Bonchev–Trinajstić information content (AvgIpc) is 3.55. The molecule has 34 nitrogen and oxygen atoms in total. The van der Waals surface area contributed by atoms with E-state index in [4.69, 9.17) is 47.4 Å². The molecule has 0 radical (unpaired) electrons. The zero-order chi connectivity index (χ0) is 59.0. The van der Waals surface area contributed by atoms with E-state index >= 15 is 0 Å². The number of nitrogens with zero attached hydrogens (tertiary/aromatic N) is 1. The van der Waals surface area contributed by atoms with Crippen molar-refractivity contribution >= 4 is 35.2 Å². The molecule has 0 aromatic heterocycles. The topological polar surface area (TPSA) is 503 Å². The van der Waals surface area contributed by atoms with Crippen molar-refractivity contribution in [2.45, 2.75) is 188 Å². The largest absolute Gasteiger partial charge is 0.463 e. The molecular formula is C46H70N6O28. The first kappa shape index (κ1) is 64.1. The Bertz CT molecular complexity index is 2260. The van der Waals surface area contributed by atoms with Crippen molar-refractivity contribution in [2.75, 3.05) is 33.0 Å². The maximum Gasteiger partial charge on any atom is 0.269 e. The fourth-order valence-electron chi connectivity index (χ4n) is 9.93. The van der Waals surface area contributed by atoms with Gasteiger partial charge in [0.05, 0.1) is 38.0 Å². The summed E-state index contributed by atoms with van der Waals surface area (Å²) in [5.41, 5.74) is -0.281. The van der Waals surface area contributed by atoms with Crippen LogP contribution in [0.15, 0.2) is 24.3 Å². The van der Waals surface area contributed by atoms with Gasteiger partial charge in [0.15, 0.2) is 25.2 Å². The number of carbonyl (C=O) groups is 5. The van der Waals surface area contributed by atoms with Gasteiger partial charge in [0.2, 0.25) is 35.8 Å². The van der Waals surface area contributed by atoms with Crippen LogP contribution in [0.5, 0.6) is 5.75 Å². The lowest BCUT2D eigenvalue weighted by atomic mass is 9.93. The minimum absolute atomic E-state index is 0.00883. The van der Waals surface area contributed by atoms with Crippen molar-refractivity contribution in [3.8, 4) is 5.75 Å². The van der Waals surface area contributed by atoms with Crippen LogP contribution >= 0.6 is 0 Å². The number of ether oxygens (including phenoxy) is 10. The highest BCUT2D eigenvalue weighted by atomic mass is 16.8. The van der Waals surface area contributed by atoms with Gasteiger partial charge in [0, 0.05) is 46.8 Å². The SMILES string of the molecule is CC(=O)N[C@H]1[C@H](OC2[C@@H](CO)O[C@@H](O[C@H]3[C@H](O)[C@@H](NC(C)=O)[C@H](Oc4ccc([N+](=O)[O-])cc4)O[C@@H]3CO)[C@H](NC(C)=O)[C@H]2O)O[C@H](CO)[C@@H](O[C@@H]2O[C@H](CO)[C@@H](O[C@@H]3O[C@H](CO)[C@@H](O)[C@H](O)[C@H]3NC(C)=O)[C@H](O)[C@H]2NC(C)=O)[C@@H]1O. The number of hydrogen-bond donors (Lipinski definition) is 16. The summed E-state index contributed by atoms with van der Waals surface area (Å²) in [5.74, 6) is -3.87. The number of non-ortho nitro benzene ring substituents is 1. The van der Waals surface area contributed by atoms with E-state index in [2.05, 4.69) is 26.6 Å². The Labute approximate surface area is 454 Å². The normalized spacial score (nSPS) is 40.2. The van der Waals surface area contributed by atoms with Crippen LogP contribution in [0.3, 0.4) is 0 Å². The van der Waals surface area contributed by atoms with Gasteiger partial charge in [-0.3, -0.25) is 34.1 Å². The van der Waals surface area contributed by atoms with Crippen molar-refractivity contribution in [3.05, 3.63) is 34.4 Å². The molecule has 452 valence electrons. The van der Waals surface area contributed by atoms with Crippen LogP contribution in [0.2, 0.25) is 0 Å². The first-order valence-corrected chi connectivity index (χ1v) is 25.1. The summed E-state index contributed by atoms with van der Waals surface area (Å²) in [6.07, 6.45) is -35.4. The van der Waals surface area contributed by atoms with Gasteiger partial charge in [-0.05, 0) is 12.1 Å². The summed E-state index contributed by atoms with van der Waals surface area (Å²) >= 11 is 0. The molecule has 0 saturated carbocycles. The fraction of sp³-hybridized carbons (Fsp3) is 0.761. The zero-order valence-electron chi connectivity index (χ0n) is 43.6. The van der Waals surface area contributed by atoms with Crippen LogP contribution in [0.25, 0.3) is 0 Å². The number of carbonyl (C=O) groups excluding carboxylic acids is 5. The molecule has 25 atom stereocenters. The second-order valence-electron chi connectivity index (χ2n) is 19.5. The second-order valence-corrected chi connectivity index (χ2v) is 19.5. The quantitative estimate of drug-likeness (QED) is 0.0401. The van der Waals surface area contributed by atoms with E-state index in [-0.39, 0.29) is 11.4 Å². The summed E-state index contributed by atoms with van der Waals surface area (Å²) in [6, 6.07) is -3.51. The van der Waals surface area contributed by atoms with Crippen LogP contribution < -0.4 is 31.3 Å².